The van der Waals surface area contributed by atoms with Crippen LogP contribution in [-0.4, -0.2) is 43.1 Å². The van der Waals surface area contributed by atoms with E-state index in [9.17, 15) is 14.7 Å². The van der Waals surface area contributed by atoms with Crippen LogP contribution in [0, 0.1) is 0 Å². The number of phenolic OH excluding ortho intramolecular Hbond substituents is 1. The third kappa shape index (κ3) is 6.68. The molecule has 1 rings (SSSR count). The van der Waals surface area contributed by atoms with E-state index in [0.717, 1.165) is 4.90 Å². The Bertz CT molecular complexity index is 439. The van der Waals surface area contributed by atoms with Crippen molar-refractivity contribution in [1.82, 2.24) is 10.6 Å². The first kappa shape index (κ1) is 15.3. The van der Waals surface area contributed by atoms with Gasteiger partial charge in [0.1, 0.15) is 5.75 Å². The summed E-state index contributed by atoms with van der Waals surface area (Å²) in [6.07, 6.45) is 0. The van der Waals surface area contributed by atoms with Crippen LogP contribution in [0.25, 0.3) is 0 Å². The van der Waals surface area contributed by atoms with Gasteiger partial charge in [-0.15, -0.1) is 11.8 Å². The molecule has 6 nitrogen and oxygen atoms in total. The number of phenols is 1. The van der Waals surface area contributed by atoms with Crippen LogP contribution >= 0.6 is 11.8 Å². The molecule has 0 unspecified atom stereocenters. The van der Waals surface area contributed by atoms with E-state index in [1.54, 1.807) is 24.3 Å². The third-order valence-corrected chi connectivity index (χ3v) is 3.03. The molecular weight excluding hydrogens is 268 g/mol. The number of urea groups is 1. The number of carbonyl (C=O) groups is 2. The minimum Gasteiger partial charge on any atom is -0.508 e. The van der Waals surface area contributed by atoms with Crippen molar-refractivity contribution in [3.63, 3.8) is 0 Å². The molecule has 0 aliphatic rings. The highest BCUT2D eigenvalue weighted by atomic mass is 32.2. The molecule has 7 heteroatoms. The Morgan fingerprint density at radius 3 is 2.89 bits per heavy atom. The summed E-state index contributed by atoms with van der Waals surface area (Å²) < 4.78 is 4.76. The molecule has 3 amide bonds. The van der Waals surface area contributed by atoms with Crippen molar-refractivity contribution in [2.24, 2.45) is 0 Å². The molecule has 3 N–H and O–H groups in total. The Balaban J connectivity index is 2.26. The number of amides is 3. The summed E-state index contributed by atoms with van der Waals surface area (Å²) in [5.41, 5.74) is 0. The number of thioether (sulfide) groups is 1. The van der Waals surface area contributed by atoms with Gasteiger partial charge >= 0.3 is 6.03 Å². The predicted octanol–water partition coefficient (Wildman–Crippen LogP) is 0.956. The molecule has 0 atom stereocenters. The van der Waals surface area contributed by atoms with Gasteiger partial charge in [0, 0.05) is 18.6 Å². The van der Waals surface area contributed by atoms with Gasteiger partial charge in [-0.2, -0.15) is 0 Å². The molecule has 104 valence electrons. The topological polar surface area (TPSA) is 87.7 Å². The first-order chi connectivity index (χ1) is 9.11. The summed E-state index contributed by atoms with van der Waals surface area (Å²) in [6.45, 7) is 0.731. The molecule has 0 aliphatic carbocycles. The number of rotatable bonds is 6. The number of benzene rings is 1. The lowest BCUT2D eigenvalue weighted by Gasteiger charge is -2.06. The first-order valence-electron chi connectivity index (χ1n) is 5.60. The van der Waals surface area contributed by atoms with Crippen molar-refractivity contribution in [1.29, 1.82) is 0 Å². The highest BCUT2D eigenvalue weighted by molar-refractivity contribution is 8.00. The zero-order valence-corrected chi connectivity index (χ0v) is 11.3. The van der Waals surface area contributed by atoms with E-state index in [1.165, 1.54) is 18.9 Å². The second kappa shape index (κ2) is 8.39. The van der Waals surface area contributed by atoms with Gasteiger partial charge in [-0.3, -0.25) is 10.1 Å². The van der Waals surface area contributed by atoms with Crippen LogP contribution in [-0.2, 0) is 9.53 Å². The van der Waals surface area contributed by atoms with E-state index in [1.807, 2.05) is 0 Å². The van der Waals surface area contributed by atoms with Crippen molar-refractivity contribution in [3.8, 4) is 5.75 Å². The SMILES string of the molecule is COCCNC(=O)NC(=O)CSc1cccc(O)c1. The highest BCUT2D eigenvalue weighted by Gasteiger charge is 2.07. The minimum absolute atomic E-state index is 0.0984. The average Bonchev–Trinajstić information content (AvgIpc) is 2.37. The van der Waals surface area contributed by atoms with Crippen molar-refractivity contribution in [2.75, 3.05) is 26.0 Å². The zero-order chi connectivity index (χ0) is 14.1. The quantitative estimate of drug-likeness (QED) is 0.535. The fraction of sp³-hybridized carbons (Fsp3) is 0.333. The van der Waals surface area contributed by atoms with Crippen LogP contribution in [0.4, 0.5) is 4.79 Å². The lowest BCUT2D eigenvalue weighted by Crippen LogP contribution is -2.41. The first-order valence-corrected chi connectivity index (χ1v) is 6.59. The lowest BCUT2D eigenvalue weighted by molar-refractivity contribution is -0.117. The Morgan fingerprint density at radius 2 is 2.21 bits per heavy atom. The van der Waals surface area contributed by atoms with Crippen molar-refractivity contribution in [3.05, 3.63) is 24.3 Å². The van der Waals surface area contributed by atoms with Crippen LogP contribution in [0.3, 0.4) is 0 Å². The largest absolute Gasteiger partial charge is 0.508 e. The van der Waals surface area contributed by atoms with Crippen molar-refractivity contribution >= 4 is 23.7 Å². The van der Waals surface area contributed by atoms with E-state index < -0.39 is 11.9 Å². The number of methoxy groups -OCH3 is 1. The maximum atomic E-state index is 11.5. The van der Waals surface area contributed by atoms with Crippen molar-refractivity contribution < 1.29 is 19.4 Å². The molecule has 0 aromatic heterocycles. The Morgan fingerprint density at radius 1 is 1.42 bits per heavy atom. The van der Waals surface area contributed by atoms with Gasteiger partial charge in [0.15, 0.2) is 0 Å². The molecule has 0 aliphatic heterocycles. The van der Waals surface area contributed by atoms with Gasteiger partial charge in [-0.25, -0.2) is 4.79 Å². The second-order valence-electron chi connectivity index (χ2n) is 3.58. The van der Waals surface area contributed by atoms with Crippen LogP contribution in [0.5, 0.6) is 5.75 Å². The smallest absolute Gasteiger partial charge is 0.321 e. The number of ether oxygens (including phenoxy) is 1. The van der Waals surface area contributed by atoms with E-state index >= 15 is 0 Å². The summed E-state index contributed by atoms with van der Waals surface area (Å²) in [5.74, 6) is -0.160. The number of imide groups is 1. The summed E-state index contributed by atoms with van der Waals surface area (Å²) in [6, 6.07) is 6.02. The fourth-order valence-corrected chi connectivity index (χ4v) is 1.94. The summed E-state index contributed by atoms with van der Waals surface area (Å²) in [5, 5.41) is 13.9. The van der Waals surface area contributed by atoms with E-state index in [-0.39, 0.29) is 11.5 Å². The lowest BCUT2D eigenvalue weighted by atomic mass is 10.3. The van der Waals surface area contributed by atoms with Crippen molar-refractivity contribution in [2.45, 2.75) is 4.90 Å². The highest BCUT2D eigenvalue weighted by Crippen LogP contribution is 2.21. The monoisotopic (exact) mass is 284 g/mol. The summed E-state index contributed by atoms with van der Waals surface area (Å²) in [4.78, 5) is 23.5. The predicted molar refractivity (Wildman–Crippen MR) is 72.2 cm³/mol. The molecule has 0 bridgehead atoms. The Kier molecular flexibility index (Phi) is 6.76. The van der Waals surface area contributed by atoms with Gasteiger partial charge in [-0.05, 0) is 18.2 Å². The van der Waals surface area contributed by atoms with Gasteiger partial charge in [0.2, 0.25) is 5.91 Å². The van der Waals surface area contributed by atoms with E-state index in [4.69, 9.17) is 4.74 Å². The molecule has 19 heavy (non-hydrogen) atoms. The van der Waals surface area contributed by atoms with Gasteiger partial charge in [0.25, 0.3) is 0 Å². The molecule has 1 aromatic carbocycles. The number of nitrogens with one attached hydrogen (secondary N) is 2. The molecule has 0 spiro atoms. The Hall–Kier alpha value is -1.73. The maximum Gasteiger partial charge on any atom is 0.321 e. The van der Waals surface area contributed by atoms with Gasteiger partial charge < -0.3 is 15.2 Å². The average molecular weight is 284 g/mol. The number of aromatic hydroxyl groups is 1. The van der Waals surface area contributed by atoms with Crippen LogP contribution in [0.2, 0.25) is 0 Å². The molecule has 0 radical (unpaired) electrons. The van der Waals surface area contributed by atoms with E-state index in [2.05, 4.69) is 10.6 Å². The number of hydrogen-bond donors (Lipinski definition) is 3. The number of hydrogen-bond acceptors (Lipinski definition) is 5. The number of carbonyl (C=O) groups excluding carboxylic acids is 2. The Labute approximate surface area is 115 Å². The van der Waals surface area contributed by atoms with Gasteiger partial charge in [-0.1, -0.05) is 6.07 Å². The maximum absolute atomic E-state index is 11.5. The van der Waals surface area contributed by atoms with Crippen LogP contribution < -0.4 is 10.6 Å². The molecule has 0 saturated heterocycles. The molecule has 0 saturated carbocycles. The second-order valence-corrected chi connectivity index (χ2v) is 4.63. The summed E-state index contributed by atoms with van der Waals surface area (Å²) >= 11 is 1.24. The van der Waals surface area contributed by atoms with Crippen LogP contribution in [0.15, 0.2) is 29.2 Å². The molecule has 0 heterocycles. The molecule has 1 aromatic rings. The third-order valence-electron chi connectivity index (χ3n) is 2.03. The normalized spacial score (nSPS) is 9.95. The minimum atomic E-state index is -0.543. The van der Waals surface area contributed by atoms with E-state index in [0.29, 0.717) is 13.2 Å². The molecular formula is C12H16N2O4S. The summed E-state index contributed by atoms with van der Waals surface area (Å²) in [7, 11) is 1.52. The van der Waals surface area contributed by atoms with Crippen LogP contribution in [0.1, 0.15) is 0 Å². The standard InChI is InChI=1S/C12H16N2O4S/c1-18-6-5-13-12(17)14-11(16)8-19-10-4-2-3-9(15)7-10/h2-4,7,15H,5-6,8H2,1H3,(H2,13,14,16,17). The molecule has 0 fully saturated rings. The van der Waals surface area contributed by atoms with Gasteiger partial charge in [0.05, 0.1) is 12.4 Å². The zero-order valence-electron chi connectivity index (χ0n) is 10.5. The fourth-order valence-electron chi connectivity index (χ4n) is 1.20.